The Hall–Kier alpha value is -3.95. The third-order valence-electron chi connectivity index (χ3n) is 5.67. The number of benzene rings is 4. The maximum atomic E-state index is 12.9. The van der Waals surface area contributed by atoms with Crippen molar-refractivity contribution >= 4 is 52.5 Å². The highest BCUT2D eigenvalue weighted by Gasteiger charge is 2.13. The molecule has 8 heteroatoms. The van der Waals surface area contributed by atoms with Crippen LogP contribution in [0.1, 0.15) is 22.3 Å². The summed E-state index contributed by atoms with van der Waals surface area (Å²) in [5.41, 5.74) is 3.86. The van der Waals surface area contributed by atoms with Crippen LogP contribution in [0.3, 0.4) is 0 Å². The van der Waals surface area contributed by atoms with Crippen molar-refractivity contribution in [3.63, 3.8) is 0 Å². The number of amides is 1. The highest BCUT2D eigenvalue weighted by atomic mass is 35.5. The fourth-order valence-electron chi connectivity index (χ4n) is 3.55. The summed E-state index contributed by atoms with van der Waals surface area (Å²) in [6.45, 7) is 2.61. The van der Waals surface area contributed by atoms with Crippen molar-refractivity contribution < 1.29 is 14.3 Å². The normalized spacial score (nSPS) is 11.0. The number of hydrogen-bond acceptors (Lipinski definition) is 4. The summed E-state index contributed by atoms with van der Waals surface area (Å²) in [5, 5.41) is 14.0. The summed E-state index contributed by atoms with van der Waals surface area (Å²) in [5.74, 6) is 0.524. The molecule has 0 atom stereocenters. The van der Waals surface area contributed by atoms with Gasteiger partial charge in [0.15, 0.2) is 0 Å². The number of rotatable bonds is 9. The van der Waals surface area contributed by atoms with Crippen LogP contribution in [-0.2, 0) is 18.0 Å². The van der Waals surface area contributed by atoms with Gasteiger partial charge < -0.3 is 14.8 Å². The van der Waals surface area contributed by atoms with Crippen LogP contribution < -0.4 is 14.8 Å². The van der Waals surface area contributed by atoms with Crippen molar-refractivity contribution in [3.05, 3.63) is 128 Å². The quantitative estimate of drug-likeness (QED) is 0.160. The number of carbonyl (C=O) groups is 1. The van der Waals surface area contributed by atoms with Crippen LogP contribution >= 0.6 is 34.8 Å². The van der Waals surface area contributed by atoms with Crippen molar-refractivity contribution in [1.82, 2.24) is 0 Å². The maximum absolute atomic E-state index is 12.9. The van der Waals surface area contributed by atoms with Crippen LogP contribution in [0.4, 0.5) is 5.69 Å². The lowest BCUT2D eigenvalue weighted by atomic mass is 10.1. The predicted octanol–water partition coefficient (Wildman–Crippen LogP) is 8.66. The van der Waals surface area contributed by atoms with Crippen molar-refractivity contribution in [1.29, 1.82) is 5.26 Å². The fourth-order valence-corrected chi connectivity index (χ4v) is 4.19. The second-order valence-corrected chi connectivity index (χ2v) is 9.91. The molecule has 0 aliphatic carbocycles. The number of ether oxygens (including phenoxy) is 2. The third kappa shape index (κ3) is 8.02. The first-order chi connectivity index (χ1) is 18.8. The van der Waals surface area contributed by atoms with E-state index in [-0.39, 0.29) is 12.2 Å². The molecule has 0 bridgehead atoms. The molecule has 0 aliphatic rings. The zero-order valence-corrected chi connectivity index (χ0v) is 23.1. The van der Waals surface area contributed by atoms with Gasteiger partial charge in [-0.3, -0.25) is 4.79 Å². The molecule has 4 aromatic rings. The Balaban J connectivity index is 1.42. The molecule has 0 saturated carbocycles. The predicted molar refractivity (Wildman–Crippen MR) is 156 cm³/mol. The first-order valence-electron chi connectivity index (χ1n) is 11.9. The van der Waals surface area contributed by atoms with Crippen LogP contribution in [0, 0.1) is 18.3 Å². The fraction of sp³-hybridized carbons (Fsp3) is 0.0968. The topological polar surface area (TPSA) is 71.3 Å². The van der Waals surface area contributed by atoms with E-state index in [1.807, 2.05) is 37.3 Å². The SMILES string of the molecule is Cc1ccc(COc2ccc(Cl)cc2/C=C(\C#N)C(=O)Nc2ccc(OCc3ccc(Cl)cc3Cl)cc2)cc1. The molecule has 0 aromatic heterocycles. The molecule has 0 aliphatic heterocycles. The second kappa shape index (κ2) is 13.2. The Kier molecular flexibility index (Phi) is 9.51. The second-order valence-electron chi connectivity index (χ2n) is 8.63. The number of nitrogens with one attached hydrogen (secondary N) is 1. The third-order valence-corrected chi connectivity index (χ3v) is 6.50. The molecule has 1 N–H and O–H groups in total. The lowest BCUT2D eigenvalue weighted by Gasteiger charge is -2.11. The van der Waals surface area contributed by atoms with E-state index in [1.165, 1.54) is 6.08 Å². The smallest absolute Gasteiger partial charge is 0.266 e. The molecule has 0 radical (unpaired) electrons. The van der Waals surface area contributed by atoms with Crippen molar-refractivity contribution in [3.8, 4) is 17.6 Å². The van der Waals surface area contributed by atoms with Gasteiger partial charge in [0, 0.05) is 31.9 Å². The molecule has 0 unspecified atom stereocenters. The average molecular weight is 578 g/mol. The Morgan fingerprint density at radius 3 is 2.26 bits per heavy atom. The van der Waals surface area contributed by atoms with Gasteiger partial charge in [0.1, 0.15) is 36.4 Å². The highest BCUT2D eigenvalue weighted by molar-refractivity contribution is 6.35. The van der Waals surface area contributed by atoms with Gasteiger partial charge in [0.2, 0.25) is 0 Å². The van der Waals surface area contributed by atoms with E-state index in [1.54, 1.807) is 60.7 Å². The van der Waals surface area contributed by atoms with E-state index in [0.29, 0.717) is 44.4 Å². The maximum Gasteiger partial charge on any atom is 0.266 e. The van der Waals surface area contributed by atoms with Gasteiger partial charge in [-0.2, -0.15) is 5.26 Å². The highest BCUT2D eigenvalue weighted by Crippen LogP contribution is 2.27. The minimum atomic E-state index is -0.566. The first-order valence-corrected chi connectivity index (χ1v) is 13.0. The molecule has 4 aromatic carbocycles. The molecule has 0 fully saturated rings. The summed E-state index contributed by atoms with van der Waals surface area (Å²) in [6.07, 6.45) is 1.46. The Bertz CT molecular complexity index is 1540. The summed E-state index contributed by atoms with van der Waals surface area (Å²) >= 11 is 18.3. The van der Waals surface area contributed by atoms with E-state index in [2.05, 4.69) is 5.32 Å². The number of aryl methyl sites for hydroxylation is 1. The van der Waals surface area contributed by atoms with Crippen LogP contribution in [0.15, 0.2) is 90.5 Å². The number of hydrogen-bond donors (Lipinski definition) is 1. The van der Waals surface area contributed by atoms with Crippen molar-refractivity contribution in [2.75, 3.05) is 5.32 Å². The molecule has 4 rings (SSSR count). The summed E-state index contributed by atoms with van der Waals surface area (Å²) in [6, 6.07) is 27.0. The number of halogens is 3. The van der Waals surface area contributed by atoms with Crippen LogP contribution in [0.25, 0.3) is 6.08 Å². The van der Waals surface area contributed by atoms with Crippen LogP contribution in [-0.4, -0.2) is 5.91 Å². The lowest BCUT2D eigenvalue weighted by Crippen LogP contribution is -2.13. The lowest BCUT2D eigenvalue weighted by molar-refractivity contribution is -0.112. The molecule has 0 saturated heterocycles. The summed E-state index contributed by atoms with van der Waals surface area (Å²) < 4.78 is 11.7. The van der Waals surface area contributed by atoms with E-state index < -0.39 is 5.91 Å². The first kappa shape index (κ1) is 28.1. The van der Waals surface area contributed by atoms with Gasteiger partial charge in [0.25, 0.3) is 5.91 Å². The molecule has 0 spiro atoms. The standard InChI is InChI=1S/C31H23Cl3N2O3/c1-20-2-4-21(5-3-20)18-39-30-13-8-25(32)15-23(30)14-24(17-35)31(37)36-27-9-11-28(12-10-27)38-19-22-6-7-26(33)16-29(22)34/h2-16H,18-19H2,1H3,(H,36,37)/b24-14+. The molecule has 39 heavy (non-hydrogen) atoms. The van der Waals surface area contributed by atoms with E-state index in [0.717, 1.165) is 16.7 Å². The molecular formula is C31H23Cl3N2O3. The number of carbonyl (C=O) groups excluding carboxylic acids is 1. The number of nitriles is 1. The van der Waals surface area contributed by atoms with Gasteiger partial charge in [-0.05, 0) is 73.2 Å². The van der Waals surface area contributed by atoms with Gasteiger partial charge in [0.05, 0.1) is 0 Å². The molecule has 0 heterocycles. The minimum absolute atomic E-state index is 0.102. The zero-order chi connectivity index (χ0) is 27.8. The van der Waals surface area contributed by atoms with Crippen molar-refractivity contribution in [2.24, 2.45) is 0 Å². The van der Waals surface area contributed by atoms with Crippen molar-refractivity contribution in [2.45, 2.75) is 20.1 Å². The minimum Gasteiger partial charge on any atom is -0.489 e. The largest absolute Gasteiger partial charge is 0.489 e. The van der Waals surface area contributed by atoms with Crippen LogP contribution in [0.2, 0.25) is 15.1 Å². The monoisotopic (exact) mass is 576 g/mol. The van der Waals surface area contributed by atoms with E-state index >= 15 is 0 Å². The Morgan fingerprint density at radius 2 is 1.56 bits per heavy atom. The van der Waals surface area contributed by atoms with Crippen LogP contribution in [0.5, 0.6) is 11.5 Å². The average Bonchev–Trinajstić information content (AvgIpc) is 2.92. The van der Waals surface area contributed by atoms with Gasteiger partial charge in [-0.15, -0.1) is 0 Å². The Morgan fingerprint density at radius 1 is 0.872 bits per heavy atom. The molecule has 1 amide bonds. The zero-order valence-electron chi connectivity index (χ0n) is 20.9. The molecule has 196 valence electrons. The molecule has 5 nitrogen and oxygen atoms in total. The van der Waals surface area contributed by atoms with Gasteiger partial charge in [-0.25, -0.2) is 0 Å². The number of anilines is 1. The van der Waals surface area contributed by atoms with E-state index in [9.17, 15) is 10.1 Å². The summed E-state index contributed by atoms with van der Waals surface area (Å²) in [7, 11) is 0. The molecular weight excluding hydrogens is 555 g/mol. The van der Waals surface area contributed by atoms with Gasteiger partial charge >= 0.3 is 0 Å². The summed E-state index contributed by atoms with van der Waals surface area (Å²) in [4.78, 5) is 12.9. The Labute approximate surface area is 242 Å². The number of nitrogens with zero attached hydrogens (tertiary/aromatic N) is 1. The van der Waals surface area contributed by atoms with E-state index in [4.69, 9.17) is 44.3 Å². The van der Waals surface area contributed by atoms with Gasteiger partial charge in [-0.1, -0.05) is 70.7 Å².